The van der Waals surface area contributed by atoms with Crippen LogP contribution in [0.2, 0.25) is 0 Å². The molecule has 2 aliphatic rings. The van der Waals surface area contributed by atoms with Gasteiger partial charge in [-0.1, -0.05) is 35.2 Å². The Morgan fingerprint density at radius 2 is 1.84 bits per heavy atom. The maximum atomic E-state index is 9.38. The molecule has 0 unspecified atom stereocenters. The molecular formula is C15H28BrNO2. The van der Waals surface area contributed by atoms with Crippen LogP contribution in [0.25, 0.3) is 0 Å². The second-order valence-corrected chi connectivity index (χ2v) is 6.79. The summed E-state index contributed by atoms with van der Waals surface area (Å²) >= 11 is 3.73. The minimum absolute atomic E-state index is 0.283. The average Bonchev–Trinajstić information content (AvgIpc) is 2.49. The van der Waals surface area contributed by atoms with Crippen LogP contribution in [0.3, 0.4) is 0 Å². The summed E-state index contributed by atoms with van der Waals surface area (Å²) in [6, 6.07) is 0.694. The van der Waals surface area contributed by atoms with Crippen LogP contribution in [0.15, 0.2) is 0 Å². The van der Waals surface area contributed by atoms with Crippen molar-refractivity contribution in [3.05, 3.63) is 0 Å². The van der Waals surface area contributed by atoms with Crippen molar-refractivity contribution in [2.75, 3.05) is 38.2 Å². The van der Waals surface area contributed by atoms with Crippen molar-refractivity contribution in [2.24, 2.45) is 5.41 Å². The second kappa shape index (κ2) is 7.96. The number of hydrogen-bond acceptors (Lipinski definition) is 3. The van der Waals surface area contributed by atoms with Gasteiger partial charge in [0.2, 0.25) is 0 Å². The molecular weight excluding hydrogens is 306 g/mol. The molecule has 1 saturated carbocycles. The topological polar surface area (TPSA) is 32.7 Å². The summed E-state index contributed by atoms with van der Waals surface area (Å²) in [7, 11) is 0. The van der Waals surface area contributed by atoms with Crippen LogP contribution in [0, 0.1) is 5.41 Å². The fourth-order valence-corrected chi connectivity index (χ4v) is 4.27. The summed E-state index contributed by atoms with van der Waals surface area (Å²) < 4.78 is 5.52. The Hall–Kier alpha value is 0.360. The Kier molecular flexibility index (Phi) is 6.60. The molecule has 0 bridgehead atoms. The molecule has 2 fully saturated rings. The highest BCUT2D eigenvalue weighted by Crippen LogP contribution is 2.35. The standard InChI is InChI=1S/C15H28BrNO2/c16-12-15(6-10-19-11-7-15)13-17(8-9-18)14-4-2-1-3-5-14/h14,18H,1-13H2. The Morgan fingerprint density at radius 1 is 1.16 bits per heavy atom. The van der Waals surface area contributed by atoms with Gasteiger partial charge in [-0.2, -0.15) is 0 Å². The second-order valence-electron chi connectivity index (χ2n) is 6.23. The van der Waals surface area contributed by atoms with Crippen molar-refractivity contribution in [1.82, 2.24) is 4.90 Å². The van der Waals surface area contributed by atoms with Crippen LogP contribution in [-0.2, 0) is 4.74 Å². The van der Waals surface area contributed by atoms with Crippen molar-refractivity contribution in [3.63, 3.8) is 0 Å². The lowest BCUT2D eigenvalue weighted by atomic mass is 9.81. The van der Waals surface area contributed by atoms with E-state index < -0.39 is 0 Å². The lowest BCUT2D eigenvalue weighted by molar-refractivity contribution is -0.00657. The zero-order chi connectivity index (χ0) is 13.6. The molecule has 1 aliphatic heterocycles. The zero-order valence-corrected chi connectivity index (χ0v) is 13.5. The molecule has 0 amide bonds. The predicted molar refractivity (Wildman–Crippen MR) is 81.8 cm³/mol. The molecule has 1 aliphatic carbocycles. The van der Waals surface area contributed by atoms with Gasteiger partial charge in [0.05, 0.1) is 6.61 Å². The van der Waals surface area contributed by atoms with Gasteiger partial charge in [-0.05, 0) is 31.1 Å². The third-order valence-electron chi connectivity index (χ3n) is 4.85. The number of nitrogens with zero attached hydrogens (tertiary/aromatic N) is 1. The molecule has 4 heteroatoms. The van der Waals surface area contributed by atoms with Gasteiger partial charge in [-0.25, -0.2) is 0 Å². The van der Waals surface area contributed by atoms with Gasteiger partial charge in [-0.15, -0.1) is 0 Å². The number of alkyl halides is 1. The van der Waals surface area contributed by atoms with Crippen LogP contribution in [-0.4, -0.2) is 54.3 Å². The fourth-order valence-electron chi connectivity index (χ4n) is 3.53. The average molecular weight is 334 g/mol. The summed E-state index contributed by atoms with van der Waals surface area (Å²) in [5, 5.41) is 10.4. The number of halogens is 1. The van der Waals surface area contributed by atoms with Crippen LogP contribution in [0.5, 0.6) is 0 Å². The molecule has 1 N–H and O–H groups in total. The van der Waals surface area contributed by atoms with Crippen LogP contribution in [0.1, 0.15) is 44.9 Å². The van der Waals surface area contributed by atoms with Gasteiger partial charge in [0.15, 0.2) is 0 Å². The first-order valence-corrected chi connectivity index (χ1v) is 8.90. The first-order valence-electron chi connectivity index (χ1n) is 7.78. The molecule has 0 aromatic heterocycles. The minimum Gasteiger partial charge on any atom is -0.395 e. The van der Waals surface area contributed by atoms with Crippen molar-refractivity contribution >= 4 is 15.9 Å². The highest BCUT2D eigenvalue weighted by Gasteiger charge is 2.35. The van der Waals surface area contributed by atoms with Crippen molar-refractivity contribution in [2.45, 2.75) is 51.0 Å². The summed E-state index contributed by atoms with van der Waals surface area (Å²) in [5.74, 6) is 0. The van der Waals surface area contributed by atoms with Crippen molar-refractivity contribution < 1.29 is 9.84 Å². The van der Waals surface area contributed by atoms with E-state index in [1.807, 2.05) is 0 Å². The van der Waals surface area contributed by atoms with E-state index in [-0.39, 0.29) is 6.61 Å². The molecule has 0 radical (unpaired) electrons. The largest absolute Gasteiger partial charge is 0.395 e. The molecule has 0 spiro atoms. The van der Waals surface area contributed by atoms with Gasteiger partial charge >= 0.3 is 0 Å². The first-order chi connectivity index (χ1) is 9.29. The molecule has 19 heavy (non-hydrogen) atoms. The number of hydrogen-bond donors (Lipinski definition) is 1. The Morgan fingerprint density at radius 3 is 2.42 bits per heavy atom. The Labute approximate surface area is 125 Å². The van der Waals surface area contributed by atoms with Gasteiger partial charge in [0.25, 0.3) is 0 Å². The molecule has 3 nitrogen and oxygen atoms in total. The number of ether oxygens (including phenoxy) is 1. The lowest BCUT2D eigenvalue weighted by Crippen LogP contribution is -2.48. The molecule has 0 aromatic carbocycles. The van der Waals surface area contributed by atoms with Crippen molar-refractivity contribution in [3.8, 4) is 0 Å². The quantitative estimate of drug-likeness (QED) is 0.758. The van der Waals surface area contributed by atoms with E-state index in [9.17, 15) is 5.11 Å². The van der Waals surface area contributed by atoms with Gasteiger partial charge in [-0.3, -0.25) is 4.90 Å². The predicted octanol–water partition coefficient (Wildman–Crippen LogP) is 2.81. The first kappa shape index (κ1) is 15.7. The third-order valence-corrected chi connectivity index (χ3v) is 6.04. The van der Waals surface area contributed by atoms with E-state index in [1.165, 1.54) is 32.1 Å². The van der Waals surface area contributed by atoms with E-state index in [1.54, 1.807) is 0 Å². The summed E-state index contributed by atoms with van der Waals surface area (Å²) in [6.07, 6.45) is 9.03. The third kappa shape index (κ3) is 4.42. The molecule has 2 rings (SSSR count). The summed E-state index contributed by atoms with van der Waals surface area (Å²) in [5.41, 5.74) is 0.352. The lowest BCUT2D eigenvalue weighted by Gasteiger charge is -2.43. The molecule has 1 saturated heterocycles. The van der Waals surface area contributed by atoms with Crippen LogP contribution < -0.4 is 0 Å². The van der Waals surface area contributed by atoms with E-state index >= 15 is 0 Å². The number of rotatable bonds is 6. The summed E-state index contributed by atoms with van der Waals surface area (Å²) in [6.45, 7) is 4.02. The zero-order valence-electron chi connectivity index (χ0n) is 12.0. The Bertz CT molecular complexity index is 251. The normalized spacial score (nSPS) is 24.8. The smallest absolute Gasteiger partial charge is 0.0558 e. The molecule has 1 heterocycles. The van der Waals surface area contributed by atoms with Gasteiger partial charge in [0, 0.05) is 37.7 Å². The summed E-state index contributed by atoms with van der Waals surface area (Å²) in [4.78, 5) is 2.56. The SMILES string of the molecule is OCCN(CC1(CBr)CCOCC1)C1CCCCC1. The highest BCUT2D eigenvalue weighted by molar-refractivity contribution is 9.09. The Balaban J connectivity index is 1.96. The minimum atomic E-state index is 0.283. The van der Waals surface area contributed by atoms with Gasteiger partial charge in [0.1, 0.15) is 0 Å². The maximum absolute atomic E-state index is 9.38. The monoisotopic (exact) mass is 333 g/mol. The maximum Gasteiger partial charge on any atom is 0.0558 e. The fraction of sp³-hybridized carbons (Fsp3) is 1.00. The van der Waals surface area contributed by atoms with Crippen molar-refractivity contribution in [1.29, 1.82) is 0 Å². The van der Waals surface area contributed by atoms with E-state index in [0.717, 1.165) is 44.5 Å². The van der Waals surface area contributed by atoms with E-state index in [0.29, 0.717) is 11.5 Å². The van der Waals surface area contributed by atoms with E-state index in [4.69, 9.17) is 4.74 Å². The number of aliphatic hydroxyl groups excluding tert-OH is 1. The van der Waals surface area contributed by atoms with Gasteiger partial charge < -0.3 is 9.84 Å². The van der Waals surface area contributed by atoms with Crippen LogP contribution >= 0.6 is 15.9 Å². The molecule has 0 aromatic rings. The molecule has 0 atom stereocenters. The van der Waals surface area contributed by atoms with Crippen LogP contribution in [0.4, 0.5) is 0 Å². The highest BCUT2D eigenvalue weighted by atomic mass is 79.9. The molecule has 112 valence electrons. The van der Waals surface area contributed by atoms with E-state index in [2.05, 4.69) is 20.8 Å². The number of aliphatic hydroxyl groups is 1.